The average molecular weight is 473 g/mol. The number of carbonyl (C=O) groups excluding carboxylic acids is 1. The molecule has 1 saturated heterocycles. The predicted octanol–water partition coefficient (Wildman–Crippen LogP) is 2.05. The Hall–Kier alpha value is -2.93. The minimum absolute atomic E-state index is 0.0716. The van der Waals surface area contributed by atoms with Crippen LogP contribution in [0.1, 0.15) is 36.2 Å². The van der Waals surface area contributed by atoms with E-state index in [-0.39, 0.29) is 12.5 Å². The number of likely N-dealkylation sites (tertiary alicyclic amines) is 1. The average Bonchev–Trinajstić information content (AvgIpc) is 3.50. The van der Waals surface area contributed by atoms with E-state index in [2.05, 4.69) is 15.2 Å². The van der Waals surface area contributed by atoms with Crippen molar-refractivity contribution in [1.82, 2.24) is 24.8 Å². The summed E-state index contributed by atoms with van der Waals surface area (Å²) in [6.07, 6.45) is 1.62. The van der Waals surface area contributed by atoms with Crippen molar-refractivity contribution in [2.75, 3.05) is 26.2 Å². The minimum Gasteiger partial charge on any atom is -0.475 e. The maximum absolute atomic E-state index is 12.1. The van der Waals surface area contributed by atoms with Gasteiger partial charge in [0.2, 0.25) is 5.91 Å². The topological polar surface area (TPSA) is 114 Å². The van der Waals surface area contributed by atoms with Crippen LogP contribution >= 0.6 is 0 Å². The van der Waals surface area contributed by atoms with Gasteiger partial charge in [0.1, 0.15) is 12.3 Å². The molecule has 0 radical (unpaired) electrons. The summed E-state index contributed by atoms with van der Waals surface area (Å²) in [5.41, 5.74) is 3.08. The van der Waals surface area contributed by atoms with E-state index < -0.39 is 12.1 Å². The Labute approximate surface area is 187 Å². The summed E-state index contributed by atoms with van der Waals surface area (Å²) in [6.45, 7) is 5.63. The molecule has 0 bridgehead atoms. The van der Waals surface area contributed by atoms with Gasteiger partial charge in [0, 0.05) is 44.8 Å². The first-order chi connectivity index (χ1) is 15.7. The fourth-order valence-corrected chi connectivity index (χ4v) is 3.64. The van der Waals surface area contributed by atoms with E-state index in [9.17, 15) is 18.0 Å². The van der Waals surface area contributed by atoms with Crippen LogP contribution < -0.4 is 0 Å². The van der Waals surface area contributed by atoms with Gasteiger partial charge in [-0.05, 0) is 25.3 Å². The highest BCUT2D eigenvalue weighted by atomic mass is 19.4. The molecular formula is C20H26F3N5O5. The summed E-state index contributed by atoms with van der Waals surface area (Å²) < 4.78 is 44.5. The van der Waals surface area contributed by atoms with E-state index in [0.717, 1.165) is 69.9 Å². The third-order valence-corrected chi connectivity index (χ3v) is 5.29. The summed E-state index contributed by atoms with van der Waals surface area (Å²) >= 11 is 0. The molecule has 4 rings (SSSR count). The first-order valence-corrected chi connectivity index (χ1v) is 10.5. The predicted molar refractivity (Wildman–Crippen MR) is 107 cm³/mol. The molecule has 0 saturated carbocycles. The summed E-state index contributed by atoms with van der Waals surface area (Å²) in [5.74, 6) is -2.69. The lowest BCUT2D eigenvalue weighted by molar-refractivity contribution is -0.192. The fraction of sp³-hybridized carbons (Fsp3) is 0.600. The molecule has 182 valence electrons. The third-order valence-electron chi connectivity index (χ3n) is 5.29. The number of hydrogen-bond donors (Lipinski definition) is 1. The Bertz CT molecular complexity index is 910. The molecule has 2 aromatic rings. The zero-order valence-electron chi connectivity index (χ0n) is 18.0. The van der Waals surface area contributed by atoms with Crippen LogP contribution in [0.25, 0.3) is 0 Å². The van der Waals surface area contributed by atoms with Crippen LogP contribution in [0.5, 0.6) is 0 Å². The maximum Gasteiger partial charge on any atom is 0.490 e. The second-order valence-electron chi connectivity index (χ2n) is 7.79. The normalized spacial score (nSPS) is 16.6. The number of carboxylic acid groups (broad SMARTS) is 1. The molecule has 0 aliphatic carbocycles. The largest absolute Gasteiger partial charge is 0.490 e. The molecule has 10 nitrogen and oxygen atoms in total. The molecule has 2 aliphatic heterocycles. The summed E-state index contributed by atoms with van der Waals surface area (Å²) in [4.78, 5) is 25.2. The summed E-state index contributed by atoms with van der Waals surface area (Å²) in [5, 5.41) is 15.7. The number of nitrogens with zero attached hydrogens (tertiary/aromatic N) is 5. The van der Waals surface area contributed by atoms with E-state index in [1.165, 1.54) is 5.56 Å². The number of alkyl halides is 3. The fourth-order valence-electron chi connectivity index (χ4n) is 3.64. The van der Waals surface area contributed by atoms with E-state index in [4.69, 9.17) is 19.1 Å². The molecule has 1 fully saturated rings. The van der Waals surface area contributed by atoms with Crippen LogP contribution in [0, 0.1) is 0 Å². The van der Waals surface area contributed by atoms with Gasteiger partial charge in [-0.25, -0.2) is 9.48 Å². The van der Waals surface area contributed by atoms with Crippen molar-refractivity contribution < 1.29 is 37.0 Å². The van der Waals surface area contributed by atoms with Crippen molar-refractivity contribution in [2.24, 2.45) is 0 Å². The zero-order valence-corrected chi connectivity index (χ0v) is 18.0. The minimum atomic E-state index is -5.08. The van der Waals surface area contributed by atoms with Gasteiger partial charge in [0.25, 0.3) is 0 Å². The molecule has 0 unspecified atom stereocenters. The number of hydrogen-bond acceptors (Lipinski definition) is 7. The van der Waals surface area contributed by atoms with Crippen molar-refractivity contribution in [2.45, 2.75) is 51.7 Å². The monoisotopic (exact) mass is 473 g/mol. The van der Waals surface area contributed by atoms with Crippen molar-refractivity contribution in [1.29, 1.82) is 0 Å². The number of rotatable bonds is 6. The molecular weight excluding hydrogens is 447 g/mol. The number of halogens is 3. The number of fused-ring (bicyclic) bond motifs is 1. The third kappa shape index (κ3) is 7.29. The van der Waals surface area contributed by atoms with Crippen LogP contribution in [-0.4, -0.2) is 74.2 Å². The molecule has 4 heterocycles. The highest BCUT2D eigenvalue weighted by molar-refractivity contribution is 5.77. The van der Waals surface area contributed by atoms with Gasteiger partial charge in [-0.1, -0.05) is 5.21 Å². The van der Waals surface area contributed by atoms with E-state index >= 15 is 0 Å². The van der Waals surface area contributed by atoms with Crippen LogP contribution in [0.2, 0.25) is 0 Å². The number of amides is 1. The van der Waals surface area contributed by atoms with Crippen molar-refractivity contribution in [3.8, 4) is 0 Å². The SMILES string of the molecule is O=C(COCc1nnn2c1CN(Cc1ccoc1)CCC2)N1CCCC1.O=C(O)C(F)(F)F. The van der Waals surface area contributed by atoms with Crippen molar-refractivity contribution in [3.63, 3.8) is 0 Å². The molecule has 1 N–H and O–H groups in total. The lowest BCUT2D eigenvalue weighted by Gasteiger charge is -2.19. The number of carbonyl (C=O) groups is 2. The lowest BCUT2D eigenvalue weighted by Crippen LogP contribution is -2.31. The van der Waals surface area contributed by atoms with Gasteiger partial charge < -0.3 is 19.2 Å². The van der Waals surface area contributed by atoms with E-state index in [1.54, 1.807) is 12.5 Å². The highest BCUT2D eigenvalue weighted by Gasteiger charge is 2.38. The Morgan fingerprint density at radius 1 is 1.15 bits per heavy atom. The molecule has 2 aromatic heterocycles. The first-order valence-electron chi connectivity index (χ1n) is 10.5. The van der Waals surface area contributed by atoms with E-state index in [0.29, 0.717) is 6.61 Å². The van der Waals surface area contributed by atoms with Gasteiger partial charge in [-0.3, -0.25) is 9.69 Å². The number of aryl methyl sites for hydroxylation is 1. The quantitative estimate of drug-likeness (QED) is 0.678. The van der Waals surface area contributed by atoms with Crippen molar-refractivity contribution in [3.05, 3.63) is 35.5 Å². The van der Waals surface area contributed by atoms with E-state index in [1.807, 2.05) is 15.6 Å². The zero-order chi connectivity index (χ0) is 23.8. The second kappa shape index (κ2) is 11.3. The van der Waals surface area contributed by atoms with Crippen LogP contribution in [-0.2, 0) is 40.6 Å². The standard InChI is InChI=1S/C18H25N5O3.C2HF3O2/c24-18(22-6-1-2-7-22)14-26-13-16-17-11-21(10-15-4-9-25-12-15)5-3-8-23(17)20-19-16;3-2(4,5)1(6)7/h4,9,12H,1-3,5-8,10-11,13-14H2;(H,6,7). The van der Waals surface area contributed by atoms with Gasteiger partial charge in [0.15, 0.2) is 0 Å². The number of aromatic nitrogens is 3. The molecule has 13 heteroatoms. The number of ether oxygens (including phenoxy) is 1. The number of furan rings is 1. The molecule has 1 amide bonds. The van der Waals surface area contributed by atoms with Crippen LogP contribution in [0.15, 0.2) is 23.0 Å². The maximum atomic E-state index is 12.1. The van der Waals surface area contributed by atoms with Gasteiger partial charge in [-0.2, -0.15) is 13.2 Å². The Kier molecular flexibility index (Phi) is 8.44. The highest BCUT2D eigenvalue weighted by Crippen LogP contribution is 2.18. The van der Waals surface area contributed by atoms with Gasteiger partial charge in [-0.15, -0.1) is 5.10 Å². The first kappa shape index (κ1) is 24.7. The second-order valence-corrected chi connectivity index (χ2v) is 7.79. The Morgan fingerprint density at radius 2 is 1.88 bits per heavy atom. The molecule has 0 atom stereocenters. The molecule has 2 aliphatic rings. The summed E-state index contributed by atoms with van der Waals surface area (Å²) in [6, 6.07) is 1.99. The van der Waals surface area contributed by atoms with Crippen molar-refractivity contribution >= 4 is 11.9 Å². The smallest absolute Gasteiger partial charge is 0.475 e. The molecule has 33 heavy (non-hydrogen) atoms. The van der Waals surface area contributed by atoms with Crippen LogP contribution in [0.4, 0.5) is 13.2 Å². The van der Waals surface area contributed by atoms with Gasteiger partial charge in [0.05, 0.1) is 24.8 Å². The van der Waals surface area contributed by atoms with Gasteiger partial charge >= 0.3 is 12.1 Å². The lowest BCUT2D eigenvalue weighted by atomic mass is 10.2. The summed E-state index contributed by atoms with van der Waals surface area (Å²) in [7, 11) is 0. The Morgan fingerprint density at radius 3 is 2.52 bits per heavy atom. The Balaban J connectivity index is 0.000000383. The number of carboxylic acids is 1. The molecule has 0 spiro atoms. The van der Waals surface area contributed by atoms with Crippen LogP contribution in [0.3, 0.4) is 0 Å². The molecule has 0 aromatic carbocycles. The number of aliphatic carboxylic acids is 1.